The molecule has 2 aromatic heterocycles. The zero-order chi connectivity index (χ0) is 16.9. The molecule has 0 aliphatic carbocycles. The smallest absolute Gasteiger partial charge is 0.239 e. The van der Waals surface area contributed by atoms with Gasteiger partial charge in [-0.25, -0.2) is 0 Å². The standard InChI is InChI=1S/C17H17N3O3S/c1-11-8-16(23-19-11)18-17(21)12(2)24-10-14-9-15(22-20-14)13-6-4-3-5-7-13/h3-9,12H,10H2,1-2H3,(H,18,21)/t12-/m0/s1. The highest BCUT2D eigenvalue weighted by molar-refractivity contribution is 7.99. The minimum absolute atomic E-state index is 0.136. The van der Waals surface area contributed by atoms with E-state index in [-0.39, 0.29) is 11.2 Å². The van der Waals surface area contributed by atoms with Crippen molar-refractivity contribution in [1.29, 1.82) is 0 Å². The van der Waals surface area contributed by atoms with E-state index in [1.165, 1.54) is 11.8 Å². The number of benzene rings is 1. The van der Waals surface area contributed by atoms with Crippen LogP contribution in [0.1, 0.15) is 18.3 Å². The van der Waals surface area contributed by atoms with E-state index in [2.05, 4.69) is 15.6 Å². The van der Waals surface area contributed by atoms with Crippen LogP contribution in [-0.4, -0.2) is 21.5 Å². The van der Waals surface area contributed by atoms with E-state index in [0.29, 0.717) is 11.6 Å². The minimum atomic E-state index is -0.257. The van der Waals surface area contributed by atoms with Gasteiger partial charge in [0.05, 0.1) is 16.6 Å². The van der Waals surface area contributed by atoms with Crippen LogP contribution in [0.2, 0.25) is 0 Å². The van der Waals surface area contributed by atoms with E-state index in [1.54, 1.807) is 13.0 Å². The zero-order valence-electron chi connectivity index (χ0n) is 13.4. The van der Waals surface area contributed by atoms with Crippen LogP contribution in [0.3, 0.4) is 0 Å². The average molecular weight is 343 g/mol. The molecule has 1 amide bonds. The summed E-state index contributed by atoms with van der Waals surface area (Å²) in [7, 11) is 0. The van der Waals surface area contributed by atoms with Crippen LogP contribution in [0, 0.1) is 6.92 Å². The van der Waals surface area contributed by atoms with Gasteiger partial charge in [0, 0.05) is 23.4 Å². The molecule has 3 aromatic rings. The van der Waals surface area contributed by atoms with Gasteiger partial charge in [0.15, 0.2) is 5.76 Å². The average Bonchev–Trinajstić information content (AvgIpc) is 3.22. The van der Waals surface area contributed by atoms with Crippen molar-refractivity contribution in [2.75, 3.05) is 5.32 Å². The summed E-state index contributed by atoms with van der Waals surface area (Å²) in [5.74, 6) is 1.53. The highest BCUT2D eigenvalue weighted by Crippen LogP contribution is 2.24. The zero-order valence-corrected chi connectivity index (χ0v) is 14.2. The second-order valence-electron chi connectivity index (χ2n) is 5.32. The predicted octanol–water partition coefficient (Wildman–Crippen LogP) is 3.90. The Labute approximate surface area is 143 Å². The molecule has 0 aliphatic heterocycles. The van der Waals surface area contributed by atoms with Crippen molar-refractivity contribution in [3.8, 4) is 11.3 Å². The molecule has 1 atom stereocenters. The lowest BCUT2D eigenvalue weighted by Gasteiger charge is -2.08. The molecule has 0 spiro atoms. The normalized spacial score (nSPS) is 12.1. The maximum Gasteiger partial charge on any atom is 0.239 e. The van der Waals surface area contributed by atoms with Crippen LogP contribution in [0.5, 0.6) is 0 Å². The largest absolute Gasteiger partial charge is 0.356 e. The first-order chi connectivity index (χ1) is 11.6. The van der Waals surface area contributed by atoms with E-state index in [9.17, 15) is 4.79 Å². The Kier molecular flexibility index (Phi) is 5.00. The highest BCUT2D eigenvalue weighted by Gasteiger charge is 2.16. The number of thioether (sulfide) groups is 1. The molecule has 124 valence electrons. The van der Waals surface area contributed by atoms with Crippen LogP contribution in [0.25, 0.3) is 11.3 Å². The van der Waals surface area contributed by atoms with Crippen molar-refractivity contribution < 1.29 is 13.8 Å². The lowest BCUT2D eigenvalue weighted by molar-refractivity contribution is -0.115. The number of carbonyl (C=O) groups is 1. The summed E-state index contributed by atoms with van der Waals surface area (Å²) in [6, 6.07) is 13.4. The van der Waals surface area contributed by atoms with Crippen LogP contribution in [0.4, 0.5) is 5.88 Å². The molecular formula is C17H17N3O3S. The molecule has 24 heavy (non-hydrogen) atoms. The van der Waals surface area contributed by atoms with Crippen molar-refractivity contribution in [3.63, 3.8) is 0 Å². The van der Waals surface area contributed by atoms with E-state index in [1.807, 2.05) is 43.3 Å². The molecule has 7 heteroatoms. The third kappa shape index (κ3) is 4.05. The molecule has 0 saturated heterocycles. The summed E-state index contributed by atoms with van der Waals surface area (Å²) in [4.78, 5) is 12.1. The fraction of sp³-hybridized carbons (Fsp3) is 0.235. The maximum atomic E-state index is 12.1. The first-order valence-corrected chi connectivity index (χ1v) is 8.53. The number of nitrogens with zero attached hydrogens (tertiary/aromatic N) is 2. The topological polar surface area (TPSA) is 81.2 Å². The molecule has 6 nitrogen and oxygen atoms in total. The first kappa shape index (κ1) is 16.3. The number of aryl methyl sites for hydroxylation is 1. The van der Waals surface area contributed by atoms with Crippen molar-refractivity contribution in [2.24, 2.45) is 0 Å². The quantitative estimate of drug-likeness (QED) is 0.731. The van der Waals surface area contributed by atoms with E-state index >= 15 is 0 Å². The highest BCUT2D eigenvalue weighted by atomic mass is 32.2. The van der Waals surface area contributed by atoms with Crippen LogP contribution < -0.4 is 5.32 Å². The Bertz CT molecular complexity index is 813. The number of carbonyl (C=O) groups excluding carboxylic acids is 1. The van der Waals surface area contributed by atoms with Gasteiger partial charge in [-0.2, -0.15) is 0 Å². The molecule has 2 heterocycles. The summed E-state index contributed by atoms with van der Waals surface area (Å²) in [5.41, 5.74) is 2.50. The molecule has 0 fully saturated rings. The fourth-order valence-corrected chi connectivity index (χ4v) is 2.82. The molecular weight excluding hydrogens is 326 g/mol. The second-order valence-corrected chi connectivity index (χ2v) is 6.65. The summed E-state index contributed by atoms with van der Waals surface area (Å²) in [5, 5.41) is 10.2. The molecule has 0 saturated carbocycles. The lowest BCUT2D eigenvalue weighted by Crippen LogP contribution is -2.22. The van der Waals surface area contributed by atoms with E-state index < -0.39 is 0 Å². The number of rotatable bonds is 6. The molecule has 0 unspecified atom stereocenters. The maximum absolute atomic E-state index is 12.1. The van der Waals surface area contributed by atoms with Crippen molar-refractivity contribution >= 4 is 23.6 Å². The van der Waals surface area contributed by atoms with Gasteiger partial charge in [0.25, 0.3) is 0 Å². The number of hydrogen-bond donors (Lipinski definition) is 1. The second kappa shape index (κ2) is 7.35. The van der Waals surface area contributed by atoms with Gasteiger partial charge >= 0.3 is 0 Å². The number of nitrogens with one attached hydrogen (secondary N) is 1. The summed E-state index contributed by atoms with van der Waals surface area (Å²) in [6.45, 7) is 3.63. The fourth-order valence-electron chi connectivity index (χ4n) is 2.05. The first-order valence-electron chi connectivity index (χ1n) is 7.48. The van der Waals surface area contributed by atoms with Gasteiger partial charge in [-0.3, -0.25) is 10.1 Å². The Balaban J connectivity index is 1.53. The van der Waals surface area contributed by atoms with Gasteiger partial charge in [0.1, 0.15) is 0 Å². The lowest BCUT2D eigenvalue weighted by atomic mass is 10.2. The van der Waals surface area contributed by atoms with E-state index in [4.69, 9.17) is 9.05 Å². The summed E-state index contributed by atoms with van der Waals surface area (Å²) in [6.07, 6.45) is 0. The van der Waals surface area contributed by atoms with Crippen LogP contribution in [-0.2, 0) is 10.5 Å². The molecule has 1 N–H and O–H groups in total. The molecule has 1 aromatic carbocycles. The van der Waals surface area contributed by atoms with Gasteiger partial charge in [-0.05, 0) is 13.8 Å². The summed E-state index contributed by atoms with van der Waals surface area (Å²) < 4.78 is 10.3. The Morgan fingerprint density at radius 1 is 1.21 bits per heavy atom. The summed E-state index contributed by atoms with van der Waals surface area (Å²) >= 11 is 1.48. The Morgan fingerprint density at radius 3 is 2.71 bits per heavy atom. The Morgan fingerprint density at radius 2 is 2.00 bits per heavy atom. The Hall–Kier alpha value is -2.54. The van der Waals surface area contributed by atoms with Crippen LogP contribution in [0.15, 0.2) is 51.5 Å². The monoisotopic (exact) mass is 343 g/mol. The van der Waals surface area contributed by atoms with E-state index in [0.717, 1.165) is 22.7 Å². The van der Waals surface area contributed by atoms with Crippen LogP contribution >= 0.6 is 11.8 Å². The van der Waals surface area contributed by atoms with Gasteiger partial charge in [0.2, 0.25) is 11.8 Å². The molecule has 3 rings (SSSR count). The van der Waals surface area contributed by atoms with Crippen molar-refractivity contribution in [3.05, 3.63) is 53.9 Å². The predicted molar refractivity (Wildman–Crippen MR) is 92.6 cm³/mol. The third-order valence-corrected chi connectivity index (χ3v) is 4.52. The molecule has 0 aliphatic rings. The minimum Gasteiger partial charge on any atom is -0.356 e. The number of hydrogen-bond acceptors (Lipinski definition) is 6. The number of amides is 1. The van der Waals surface area contributed by atoms with Gasteiger partial charge in [-0.15, -0.1) is 11.8 Å². The number of aromatic nitrogens is 2. The van der Waals surface area contributed by atoms with Crippen molar-refractivity contribution in [1.82, 2.24) is 10.3 Å². The molecule has 0 radical (unpaired) electrons. The SMILES string of the molecule is Cc1cc(NC(=O)[C@H](C)SCc2cc(-c3ccccc3)on2)on1. The van der Waals surface area contributed by atoms with Gasteiger partial charge < -0.3 is 9.05 Å². The van der Waals surface area contributed by atoms with Crippen molar-refractivity contribution in [2.45, 2.75) is 24.9 Å². The molecule has 0 bridgehead atoms. The number of anilines is 1. The van der Waals surface area contributed by atoms with Gasteiger partial charge in [-0.1, -0.05) is 40.6 Å². The third-order valence-electron chi connectivity index (χ3n) is 3.34.